The molecule has 1 fully saturated rings. The minimum atomic E-state index is -0.201. The summed E-state index contributed by atoms with van der Waals surface area (Å²) in [4.78, 5) is 21.5. The number of rotatable bonds is 6. The number of carbonyl (C=O) groups excluding carboxylic acids is 1. The van der Waals surface area contributed by atoms with Crippen molar-refractivity contribution >= 4 is 11.7 Å². The second-order valence-electron chi connectivity index (χ2n) is 6.34. The lowest BCUT2D eigenvalue weighted by Crippen LogP contribution is -2.43. The minimum absolute atomic E-state index is 0.000205. The summed E-state index contributed by atoms with van der Waals surface area (Å²) in [5.41, 5.74) is 1.29. The number of hydrogen-bond acceptors (Lipinski definition) is 6. The monoisotopic (exact) mass is 356 g/mol. The second-order valence-corrected chi connectivity index (χ2v) is 6.34. The molecule has 7 heteroatoms. The number of aryl methyl sites for hydroxylation is 1. The predicted molar refractivity (Wildman–Crippen MR) is 98.8 cm³/mol. The quantitative estimate of drug-likeness (QED) is 0.827. The van der Waals surface area contributed by atoms with Crippen LogP contribution < -0.4 is 20.1 Å². The Balaban J connectivity index is 1.73. The fraction of sp³-hybridized carbons (Fsp3) is 0.421. The highest BCUT2D eigenvalue weighted by Gasteiger charge is 2.30. The van der Waals surface area contributed by atoms with E-state index < -0.39 is 0 Å². The van der Waals surface area contributed by atoms with Gasteiger partial charge in [0.2, 0.25) is 0 Å². The molecule has 1 aliphatic carbocycles. The molecule has 1 aromatic carbocycles. The lowest BCUT2D eigenvalue weighted by Gasteiger charge is -2.23. The first-order valence-electron chi connectivity index (χ1n) is 8.69. The van der Waals surface area contributed by atoms with Gasteiger partial charge in [0.15, 0.2) is 0 Å². The van der Waals surface area contributed by atoms with Gasteiger partial charge in [-0.3, -0.25) is 9.78 Å². The molecule has 2 N–H and O–H groups in total. The van der Waals surface area contributed by atoms with Crippen LogP contribution >= 0.6 is 0 Å². The van der Waals surface area contributed by atoms with Crippen LogP contribution in [0.25, 0.3) is 0 Å². The third kappa shape index (κ3) is 3.87. The number of aromatic nitrogens is 2. The van der Waals surface area contributed by atoms with Crippen LogP contribution in [0.3, 0.4) is 0 Å². The smallest absolute Gasteiger partial charge is 0.259 e. The Hall–Kier alpha value is -2.83. The van der Waals surface area contributed by atoms with Crippen molar-refractivity contribution in [2.45, 2.75) is 38.3 Å². The number of methoxy groups -OCH3 is 2. The number of anilines is 1. The van der Waals surface area contributed by atoms with Gasteiger partial charge in [0, 0.05) is 12.1 Å². The van der Waals surface area contributed by atoms with Gasteiger partial charge in [0.1, 0.15) is 22.9 Å². The molecular weight excluding hydrogens is 332 g/mol. The average molecular weight is 356 g/mol. The Morgan fingerprint density at radius 1 is 1.08 bits per heavy atom. The van der Waals surface area contributed by atoms with Gasteiger partial charge in [0.05, 0.1) is 32.3 Å². The number of nitrogens with zero attached hydrogens (tertiary/aromatic N) is 2. The molecule has 1 heterocycles. The molecule has 0 radical (unpaired) electrons. The van der Waals surface area contributed by atoms with Crippen LogP contribution in [0.1, 0.15) is 35.3 Å². The first kappa shape index (κ1) is 18.0. The number of nitrogens with one attached hydrogen (secondary N) is 2. The van der Waals surface area contributed by atoms with Crippen molar-refractivity contribution in [1.29, 1.82) is 0 Å². The Morgan fingerprint density at radius 2 is 1.77 bits per heavy atom. The summed E-state index contributed by atoms with van der Waals surface area (Å²) in [6.07, 6.45) is 6.34. The molecule has 138 valence electrons. The molecule has 0 bridgehead atoms. The molecule has 0 aliphatic heterocycles. The molecule has 26 heavy (non-hydrogen) atoms. The maximum absolute atomic E-state index is 12.9. The second kappa shape index (κ2) is 8.03. The van der Waals surface area contributed by atoms with Gasteiger partial charge < -0.3 is 20.1 Å². The van der Waals surface area contributed by atoms with Gasteiger partial charge in [-0.05, 0) is 38.3 Å². The van der Waals surface area contributed by atoms with Crippen molar-refractivity contribution in [3.8, 4) is 11.5 Å². The van der Waals surface area contributed by atoms with Crippen molar-refractivity contribution in [3.63, 3.8) is 0 Å². The number of hydrogen-bond donors (Lipinski definition) is 2. The first-order chi connectivity index (χ1) is 12.6. The van der Waals surface area contributed by atoms with E-state index >= 15 is 0 Å². The van der Waals surface area contributed by atoms with Crippen LogP contribution in [0.15, 0.2) is 30.6 Å². The molecule has 0 spiro atoms. The summed E-state index contributed by atoms with van der Waals surface area (Å²) >= 11 is 0. The molecule has 1 aromatic heterocycles. The number of benzene rings is 1. The Kier molecular flexibility index (Phi) is 5.55. The highest BCUT2D eigenvalue weighted by atomic mass is 16.5. The van der Waals surface area contributed by atoms with Gasteiger partial charge in [-0.2, -0.15) is 0 Å². The Bertz CT molecular complexity index is 742. The van der Waals surface area contributed by atoms with Crippen LogP contribution in [-0.4, -0.2) is 42.2 Å². The van der Waals surface area contributed by atoms with E-state index in [2.05, 4.69) is 20.6 Å². The molecular formula is C19H24N4O3. The van der Waals surface area contributed by atoms with Crippen LogP contribution in [0, 0.1) is 6.92 Å². The lowest BCUT2D eigenvalue weighted by atomic mass is 10.1. The SMILES string of the molecule is COc1cccc(OC)c1C(=O)N[C@H]1CCC[C@@H]1Nc1cnc(C)cn1. The molecule has 0 unspecified atom stereocenters. The molecule has 2 atom stereocenters. The van der Waals surface area contributed by atoms with E-state index in [1.54, 1.807) is 44.8 Å². The maximum atomic E-state index is 12.9. The van der Waals surface area contributed by atoms with Crippen molar-refractivity contribution < 1.29 is 14.3 Å². The van der Waals surface area contributed by atoms with Crippen molar-refractivity contribution in [2.24, 2.45) is 0 Å². The lowest BCUT2D eigenvalue weighted by molar-refractivity contribution is 0.0929. The maximum Gasteiger partial charge on any atom is 0.259 e. The molecule has 1 saturated carbocycles. The fourth-order valence-electron chi connectivity index (χ4n) is 3.28. The van der Waals surface area contributed by atoms with Crippen LogP contribution in [0.4, 0.5) is 5.82 Å². The van der Waals surface area contributed by atoms with E-state index in [9.17, 15) is 4.79 Å². The van der Waals surface area contributed by atoms with Gasteiger partial charge in [0.25, 0.3) is 5.91 Å². The zero-order valence-electron chi connectivity index (χ0n) is 15.3. The number of ether oxygens (including phenoxy) is 2. The first-order valence-corrected chi connectivity index (χ1v) is 8.69. The summed E-state index contributed by atoms with van der Waals surface area (Å²) in [6.45, 7) is 1.90. The highest BCUT2D eigenvalue weighted by Crippen LogP contribution is 2.29. The van der Waals surface area contributed by atoms with E-state index in [4.69, 9.17) is 9.47 Å². The Morgan fingerprint density at radius 3 is 2.38 bits per heavy atom. The van der Waals surface area contributed by atoms with Gasteiger partial charge in [-0.15, -0.1) is 0 Å². The molecule has 3 rings (SSSR count). The fourth-order valence-corrected chi connectivity index (χ4v) is 3.28. The largest absolute Gasteiger partial charge is 0.496 e. The van der Waals surface area contributed by atoms with Gasteiger partial charge >= 0.3 is 0 Å². The molecule has 0 saturated heterocycles. The summed E-state index contributed by atoms with van der Waals surface area (Å²) < 4.78 is 10.7. The van der Waals surface area contributed by atoms with Crippen molar-refractivity contribution in [3.05, 3.63) is 41.9 Å². The zero-order valence-corrected chi connectivity index (χ0v) is 15.3. The van der Waals surface area contributed by atoms with Gasteiger partial charge in [-0.1, -0.05) is 6.07 Å². The summed E-state index contributed by atoms with van der Waals surface area (Å²) in [7, 11) is 3.09. The van der Waals surface area contributed by atoms with Gasteiger partial charge in [-0.25, -0.2) is 4.98 Å². The van der Waals surface area contributed by atoms with Crippen LogP contribution in [-0.2, 0) is 0 Å². The van der Waals surface area contributed by atoms with E-state index in [0.29, 0.717) is 17.1 Å². The summed E-state index contributed by atoms with van der Waals surface area (Å²) in [6, 6.07) is 5.41. The van der Waals surface area contributed by atoms with Crippen molar-refractivity contribution in [1.82, 2.24) is 15.3 Å². The number of carbonyl (C=O) groups is 1. The molecule has 7 nitrogen and oxygen atoms in total. The molecule has 1 amide bonds. The van der Waals surface area contributed by atoms with Crippen LogP contribution in [0.2, 0.25) is 0 Å². The highest BCUT2D eigenvalue weighted by molar-refractivity contribution is 6.00. The Labute approximate surface area is 153 Å². The van der Waals surface area contributed by atoms with E-state index in [1.165, 1.54) is 0 Å². The zero-order chi connectivity index (χ0) is 18.5. The van der Waals surface area contributed by atoms with E-state index in [-0.39, 0.29) is 18.0 Å². The normalized spacial score (nSPS) is 19.0. The average Bonchev–Trinajstić information content (AvgIpc) is 3.09. The minimum Gasteiger partial charge on any atom is -0.496 e. The summed E-state index contributed by atoms with van der Waals surface area (Å²) in [5, 5.41) is 6.50. The van der Waals surface area contributed by atoms with E-state index in [1.807, 2.05) is 6.92 Å². The standard InChI is InChI=1S/C19H24N4O3/c1-12-10-21-17(11-20-12)22-13-6-4-7-14(13)23-19(24)18-15(25-2)8-5-9-16(18)26-3/h5,8-11,13-14H,4,6-7H2,1-3H3,(H,21,22)(H,23,24)/t13-,14-/m0/s1. The van der Waals surface area contributed by atoms with Crippen molar-refractivity contribution in [2.75, 3.05) is 19.5 Å². The third-order valence-electron chi connectivity index (χ3n) is 4.60. The van der Waals surface area contributed by atoms with Crippen LogP contribution in [0.5, 0.6) is 11.5 Å². The number of amides is 1. The topological polar surface area (TPSA) is 85.4 Å². The predicted octanol–water partition coefficient (Wildman–Crippen LogP) is 2.57. The third-order valence-corrected chi connectivity index (χ3v) is 4.60. The summed E-state index contributed by atoms with van der Waals surface area (Å²) in [5.74, 6) is 1.51. The van der Waals surface area contributed by atoms with E-state index in [0.717, 1.165) is 30.8 Å². The molecule has 2 aromatic rings. The molecule has 1 aliphatic rings.